The molecule has 68 valence electrons. The van der Waals surface area contributed by atoms with Crippen LogP contribution in [0.4, 0.5) is 0 Å². The summed E-state index contributed by atoms with van der Waals surface area (Å²) in [5, 5.41) is 9.19. The monoisotopic (exact) mass is 191 g/mol. The van der Waals surface area contributed by atoms with E-state index in [0.717, 1.165) is 12.0 Å². The van der Waals surface area contributed by atoms with Crippen LogP contribution in [0, 0.1) is 11.3 Å². The fourth-order valence-electron chi connectivity index (χ4n) is 1.31. The van der Waals surface area contributed by atoms with E-state index in [1.807, 2.05) is 36.0 Å². The van der Waals surface area contributed by atoms with Crippen LogP contribution in [0.1, 0.15) is 29.7 Å². The quantitative estimate of drug-likeness (QED) is 0.731. The molecule has 1 rings (SSSR count). The third-order valence-corrected chi connectivity index (χ3v) is 3.24. The number of rotatable bonds is 3. The van der Waals surface area contributed by atoms with E-state index in [0.29, 0.717) is 5.25 Å². The predicted octanol–water partition coefficient (Wildman–Crippen LogP) is 3.37. The molecule has 0 aliphatic carbocycles. The molecule has 0 aromatic heterocycles. The maximum atomic E-state index is 8.63. The first-order valence-corrected chi connectivity index (χ1v) is 5.63. The molecule has 13 heavy (non-hydrogen) atoms. The fourth-order valence-corrected chi connectivity index (χ4v) is 2.07. The van der Waals surface area contributed by atoms with E-state index >= 15 is 0 Å². The minimum atomic E-state index is 0.563. The zero-order valence-electron chi connectivity index (χ0n) is 7.95. The van der Waals surface area contributed by atoms with Crippen molar-refractivity contribution in [3.05, 3.63) is 35.4 Å². The Labute approximate surface area is 83.8 Å². The van der Waals surface area contributed by atoms with Gasteiger partial charge in [0.2, 0.25) is 0 Å². The summed E-state index contributed by atoms with van der Waals surface area (Å²) in [7, 11) is 0. The second kappa shape index (κ2) is 4.94. The topological polar surface area (TPSA) is 23.8 Å². The average molecular weight is 191 g/mol. The second-order valence-electron chi connectivity index (χ2n) is 2.87. The van der Waals surface area contributed by atoms with Crippen molar-refractivity contribution in [1.29, 1.82) is 5.26 Å². The van der Waals surface area contributed by atoms with Crippen molar-refractivity contribution in [2.75, 3.05) is 6.26 Å². The lowest BCUT2D eigenvalue weighted by Crippen LogP contribution is -1.90. The van der Waals surface area contributed by atoms with Gasteiger partial charge in [0.25, 0.3) is 0 Å². The van der Waals surface area contributed by atoms with Gasteiger partial charge in [-0.15, -0.1) is 0 Å². The molecule has 0 saturated heterocycles. The molecule has 0 fully saturated rings. The maximum Gasteiger partial charge on any atom is 0.0991 e. The molecule has 1 atom stereocenters. The van der Waals surface area contributed by atoms with Gasteiger partial charge in [0.05, 0.1) is 11.6 Å². The SMILES string of the molecule is CCC(SC)c1ccc(C#N)cc1. The summed E-state index contributed by atoms with van der Waals surface area (Å²) in [5.41, 5.74) is 2.05. The van der Waals surface area contributed by atoms with Gasteiger partial charge in [-0.2, -0.15) is 17.0 Å². The van der Waals surface area contributed by atoms with E-state index in [1.54, 1.807) is 0 Å². The molecule has 1 unspecified atom stereocenters. The van der Waals surface area contributed by atoms with Crippen LogP contribution in [0.3, 0.4) is 0 Å². The number of thioether (sulfide) groups is 1. The van der Waals surface area contributed by atoms with E-state index in [1.165, 1.54) is 5.56 Å². The van der Waals surface area contributed by atoms with E-state index in [9.17, 15) is 0 Å². The van der Waals surface area contributed by atoms with Crippen molar-refractivity contribution >= 4 is 11.8 Å². The van der Waals surface area contributed by atoms with Crippen LogP contribution < -0.4 is 0 Å². The van der Waals surface area contributed by atoms with Crippen molar-refractivity contribution in [2.45, 2.75) is 18.6 Å². The van der Waals surface area contributed by atoms with Crippen molar-refractivity contribution in [3.8, 4) is 6.07 Å². The molecule has 1 nitrogen and oxygen atoms in total. The van der Waals surface area contributed by atoms with Gasteiger partial charge in [0.1, 0.15) is 0 Å². The van der Waals surface area contributed by atoms with Crippen molar-refractivity contribution in [2.24, 2.45) is 0 Å². The Balaban J connectivity index is 2.85. The Morgan fingerprint density at radius 2 is 2.00 bits per heavy atom. The molecule has 0 aliphatic heterocycles. The smallest absolute Gasteiger partial charge is 0.0991 e. The highest BCUT2D eigenvalue weighted by Crippen LogP contribution is 2.29. The first-order valence-electron chi connectivity index (χ1n) is 4.34. The first kappa shape index (κ1) is 10.1. The molecule has 0 heterocycles. The van der Waals surface area contributed by atoms with Crippen molar-refractivity contribution in [3.63, 3.8) is 0 Å². The minimum Gasteiger partial charge on any atom is -0.192 e. The highest BCUT2D eigenvalue weighted by atomic mass is 32.2. The lowest BCUT2D eigenvalue weighted by molar-refractivity contribution is 0.898. The van der Waals surface area contributed by atoms with Gasteiger partial charge in [0.15, 0.2) is 0 Å². The lowest BCUT2D eigenvalue weighted by Gasteiger charge is -2.11. The number of benzene rings is 1. The third-order valence-electron chi connectivity index (χ3n) is 2.07. The fraction of sp³-hybridized carbons (Fsp3) is 0.364. The minimum absolute atomic E-state index is 0.563. The molecule has 0 aliphatic rings. The van der Waals surface area contributed by atoms with Crippen LogP contribution in [0.25, 0.3) is 0 Å². The Kier molecular flexibility index (Phi) is 3.85. The van der Waals surface area contributed by atoms with Crippen LogP contribution in [0.2, 0.25) is 0 Å². The van der Waals surface area contributed by atoms with Crippen molar-refractivity contribution < 1.29 is 0 Å². The second-order valence-corrected chi connectivity index (χ2v) is 3.91. The van der Waals surface area contributed by atoms with Gasteiger partial charge in [0, 0.05) is 5.25 Å². The zero-order chi connectivity index (χ0) is 9.68. The van der Waals surface area contributed by atoms with Crippen LogP contribution in [0.15, 0.2) is 24.3 Å². The Bertz CT molecular complexity index is 293. The summed E-state index contributed by atoms with van der Waals surface area (Å²) in [6.45, 7) is 2.18. The molecule has 0 radical (unpaired) electrons. The van der Waals surface area contributed by atoms with Gasteiger partial charge in [-0.3, -0.25) is 0 Å². The average Bonchev–Trinajstić information content (AvgIpc) is 2.21. The maximum absolute atomic E-state index is 8.63. The molecule has 1 aromatic carbocycles. The predicted molar refractivity (Wildman–Crippen MR) is 57.7 cm³/mol. The standard InChI is InChI=1S/C11H13NS/c1-3-11(13-2)10-6-4-9(8-12)5-7-10/h4-7,11H,3H2,1-2H3. The Hall–Kier alpha value is -0.940. The molecular formula is C11H13NS. The van der Waals surface area contributed by atoms with Gasteiger partial charge in [-0.1, -0.05) is 19.1 Å². The summed E-state index contributed by atoms with van der Waals surface area (Å²) in [6, 6.07) is 9.98. The van der Waals surface area contributed by atoms with E-state index in [2.05, 4.69) is 19.2 Å². The largest absolute Gasteiger partial charge is 0.192 e. The zero-order valence-corrected chi connectivity index (χ0v) is 8.77. The summed E-state index contributed by atoms with van der Waals surface area (Å²) < 4.78 is 0. The Morgan fingerprint density at radius 1 is 1.38 bits per heavy atom. The van der Waals surface area contributed by atoms with Crippen LogP contribution in [0.5, 0.6) is 0 Å². The molecule has 0 saturated carbocycles. The third kappa shape index (κ3) is 2.50. The summed E-state index contributed by atoms with van der Waals surface area (Å²) in [6.07, 6.45) is 3.25. The van der Waals surface area contributed by atoms with E-state index < -0.39 is 0 Å². The number of nitriles is 1. The molecule has 0 amide bonds. The Morgan fingerprint density at radius 3 is 2.38 bits per heavy atom. The van der Waals surface area contributed by atoms with Gasteiger partial charge in [-0.05, 0) is 30.4 Å². The number of hydrogen-bond acceptors (Lipinski definition) is 2. The molecular weight excluding hydrogens is 178 g/mol. The lowest BCUT2D eigenvalue weighted by atomic mass is 10.1. The van der Waals surface area contributed by atoms with Gasteiger partial charge >= 0.3 is 0 Å². The molecule has 2 heteroatoms. The van der Waals surface area contributed by atoms with E-state index in [-0.39, 0.29) is 0 Å². The first-order chi connectivity index (χ1) is 6.31. The highest BCUT2D eigenvalue weighted by Gasteiger charge is 2.06. The number of nitrogens with zero attached hydrogens (tertiary/aromatic N) is 1. The summed E-state index contributed by atoms with van der Waals surface area (Å²) in [5.74, 6) is 0. The van der Waals surface area contributed by atoms with Crippen LogP contribution >= 0.6 is 11.8 Å². The van der Waals surface area contributed by atoms with Gasteiger partial charge in [-0.25, -0.2) is 0 Å². The molecule has 0 spiro atoms. The highest BCUT2D eigenvalue weighted by molar-refractivity contribution is 7.98. The van der Waals surface area contributed by atoms with Crippen LogP contribution in [-0.2, 0) is 0 Å². The van der Waals surface area contributed by atoms with Crippen LogP contribution in [-0.4, -0.2) is 6.26 Å². The van der Waals surface area contributed by atoms with Crippen molar-refractivity contribution in [1.82, 2.24) is 0 Å². The summed E-state index contributed by atoms with van der Waals surface area (Å²) >= 11 is 1.85. The molecule has 1 aromatic rings. The normalized spacial score (nSPS) is 12.1. The number of hydrogen-bond donors (Lipinski definition) is 0. The summed E-state index contributed by atoms with van der Waals surface area (Å²) in [4.78, 5) is 0. The van der Waals surface area contributed by atoms with E-state index in [4.69, 9.17) is 5.26 Å². The molecule has 0 bridgehead atoms. The van der Waals surface area contributed by atoms with Gasteiger partial charge < -0.3 is 0 Å². The molecule has 0 N–H and O–H groups in total.